The first kappa shape index (κ1) is 16.6. The molecule has 4 rings (SSSR count). The van der Waals surface area contributed by atoms with E-state index in [2.05, 4.69) is 25.6 Å². The molecule has 2 aromatic heterocycles. The minimum atomic E-state index is 0.452. The number of ether oxygens (including phenoxy) is 1. The Bertz CT molecular complexity index is 915. The van der Waals surface area contributed by atoms with Crippen molar-refractivity contribution in [3.63, 3.8) is 0 Å². The van der Waals surface area contributed by atoms with E-state index in [1.165, 1.54) is 0 Å². The van der Waals surface area contributed by atoms with E-state index in [1.807, 2.05) is 24.3 Å². The number of methoxy groups -OCH3 is 1. The molecule has 0 unspecified atom stereocenters. The van der Waals surface area contributed by atoms with Crippen molar-refractivity contribution in [3.8, 4) is 17.0 Å². The number of benzene rings is 1. The van der Waals surface area contributed by atoms with E-state index in [4.69, 9.17) is 16.3 Å². The predicted octanol–water partition coefficient (Wildman–Crippen LogP) is 4.52. The monoisotopic (exact) mass is 367 g/mol. The Morgan fingerprint density at radius 1 is 1.15 bits per heavy atom. The Labute approximate surface area is 156 Å². The van der Waals surface area contributed by atoms with E-state index in [9.17, 15) is 0 Å². The van der Waals surface area contributed by atoms with E-state index in [1.54, 1.807) is 31.6 Å². The molecule has 1 aliphatic rings. The molecule has 7 heteroatoms. The van der Waals surface area contributed by atoms with Gasteiger partial charge in [0, 0.05) is 35.1 Å². The first-order chi connectivity index (χ1) is 12.7. The molecule has 2 N–H and O–H groups in total. The van der Waals surface area contributed by atoms with Gasteiger partial charge >= 0.3 is 0 Å². The molecule has 0 spiro atoms. The fourth-order valence-electron chi connectivity index (χ4n) is 2.56. The van der Waals surface area contributed by atoms with Crippen molar-refractivity contribution in [2.75, 3.05) is 17.7 Å². The second kappa shape index (κ2) is 7.17. The van der Waals surface area contributed by atoms with Crippen molar-refractivity contribution >= 4 is 29.1 Å². The zero-order valence-corrected chi connectivity index (χ0v) is 15.0. The van der Waals surface area contributed by atoms with Gasteiger partial charge in [-0.2, -0.15) is 4.98 Å². The highest BCUT2D eigenvalue weighted by atomic mass is 35.5. The zero-order valence-electron chi connectivity index (χ0n) is 14.2. The second-order valence-electron chi connectivity index (χ2n) is 6.09. The molecule has 132 valence electrons. The van der Waals surface area contributed by atoms with Gasteiger partial charge in [0.05, 0.1) is 18.5 Å². The lowest BCUT2D eigenvalue weighted by atomic mass is 10.2. The number of hydrogen-bond donors (Lipinski definition) is 2. The van der Waals surface area contributed by atoms with Gasteiger partial charge in [-0.3, -0.25) is 4.98 Å². The van der Waals surface area contributed by atoms with Crippen LogP contribution in [0.15, 0.2) is 48.8 Å². The summed E-state index contributed by atoms with van der Waals surface area (Å²) in [6.45, 7) is 0. The molecule has 1 aliphatic carbocycles. The van der Waals surface area contributed by atoms with Gasteiger partial charge in [-0.25, -0.2) is 4.98 Å². The highest BCUT2D eigenvalue weighted by molar-refractivity contribution is 6.31. The predicted molar refractivity (Wildman–Crippen MR) is 103 cm³/mol. The molecule has 0 saturated heterocycles. The van der Waals surface area contributed by atoms with Crippen molar-refractivity contribution < 1.29 is 4.74 Å². The van der Waals surface area contributed by atoms with Crippen molar-refractivity contribution in [2.45, 2.75) is 18.9 Å². The van der Waals surface area contributed by atoms with Gasteiger partial charge in [-0.05, 0) is 43.2 Å². The number of hydrogen-bond acceptors (Lipinski definition) is 6. The van der Waals surface area contributed by atoms with Crippen LogP contribution in [0.3, 0.4) is 0 Å². The Kier molecular flexibility index (Phi) is 4.58. The van der Waals surface area contributed by atoms with Gasteiger partial charge in [0.25, 0.3) is 0 Å². The molecule has 2 heterocycles. The van der Waals surface area contributed by atoms with Crippen molar-refractivity contribution in [3.05, 3.63) is 53.8 Å². The summed E-state index contributed by atoms with van der Waals surface area (Å²) < 4.78 is 5.40. The van der Waals surface area contributed by atoms with Gasteiger partial charge in [0.15, 0.2) is 0 Å². The maximum Gasteiger partial charge on any atom is 0.225 e. The zero-order chi connectivity index (χ0) is 17.9. The topological polar surface area (TPSA) is 72.0 Å². The summed E-state index contributed by atoms with van der Waals surface area (Å²) in [5, 5.41) is 7.26. The van der Waals surface area contributed by atoms with Crippen LogP contribution < -0.4 is 15.4 Å². The summed E-state index contributed by atoms with van der Waals surface area (Å²) in [6, 6.07) is 11.6. The summed E-state index contributed by atoms with van der Waals surface area (Å²) in [6.07, 6.45) is 5.81. The Morgan fingerprint density at radius 3 is 2.77 bits per heavy atom. The van der Waals surface area contributed by atoms with Crippen LogP contribution in [-0.4, -0.2) is 28.1 Å². The van der Waals surface area contributed by atoms with E-state index in [0.717, 1.165) is 29.8 Å². The summed E-state index contributed by atoms with van der Waals surface area (Å²) >= 11 is 6.13. The van der Waals surface area contributed by atoms with E-state index < -0.39 is 0 Å². The largest absolute Gasteiger partial charge is 0.495 e. The molecule has 0 radical (unpaired) electrons. The average molecular weight is 368 g/mol. The summed E-state index contributed by atoms with van der Waals surface area (Å²) in [5.41, 5.74) is 2.46. The molecule has 1 saturated carbocycles. The van der Waals surface area contributed by atoms with Gasteiger partial charge in [0.2, 0.25) is 5.95 Å². The number of aromatic nitrogens is 3. The van der Waals surface area contributed by atoms with Crippen LogP contribution in [0.25, 0.3) is 11.3 Å². The molecule has 1 fully saturated rings. The third kappa shape index (κ3) is 3.86. The lowest BCUT2D eigenvalue weighted by Crippen LogP contribution is -2.08. The molecule has 0 amide bonds. The van der Waals surface area contributed by atoms with Crippen LogP contribution in [-0.2, 0) is 0 Å². The maximum atomic E-state index is 6.13. The lowest BCUT2D eigenvalue weighted by Gasteiger charge is -2.13. The average Bonchev–Trinajstić information content (AvgIpc) is 3.46. The minimum absolute atomic E-state index is 0.452. The molecule has 3 aromatic rings. The molecular weight excluding hydrogens is 350 g/mol. The quantitative estimate of drug-likeness (QED) is 0.667. The summed E-state index contributed by atoms with van der Waals surface area (Å²) in [4.78, 5) is 13.4. The normalized spacial score (nSPS) is 13.3. The van der Waals surface area contributed by atoms with E-state index in [-0.39, 0.29) is 0 Å². The first-order valence-corrected chi connectivity index (χ1v) is 8.75. The highest BCUT2D eigenvalue weighted by Gasteiger charge is 2.22. The number of nitrogens with zero attached hydrogens (tertiary/aromatic N) is 3. The Hall–Kier alpha value is -2.86. The summed E-state index contributed by atoms with van der Waals surface area (Å²) in [5.74, 6) is 1.94. The fraction of sp³-hybridized carbons (Fsp3) is 0.211. The SMILES string of the molecule is COc1ccc(Cl)cc1Nc1cc(-c2cccnc2)nc(NC2CC2)n1. The number of rotatable bonds is 6. The van der Waals surface area contributed by atoms with Crippen LogP contribution in [0.1, 0.15) is 12.8 Å². The van der Waals surface area contributed by atoms with Crippen LogP contribution in [0.5, 0.6) is 5.75 Å². The fourth-order valence-corrected chi connectivity index (χ4v) is 2.74. The number of halogens is 1. The lowest BCUT2D eigenvalue weighted by molar-refractivity contribution is 0.417. The summed E-state index contributed by atoms with van der Waals surface area (Å²) in [7, 11) is 1.62. The molecule has 26 heavy (non-hydrogen) atoms. The van der Waals surface area contributed by atoms with Crippen LogP contribution >= 0.6 is 11.6 Å². The van der Waals surface area contributed by atoms with Crippen LogP contribution in [0.2, 0.25) is 5.02 Å². The first-order valence-electron chi connectivity index (χ1n) is 8.38. The van der Waals surface area contributed by atoms with Crippen molar-refractivity contribution in [1.82, 2.24) is 15.0 Å². The Balaban J connectivity index is 1.71. The standard InChI is InChI=1S/C19H18ClN5O/c1-26-17-7-4-13(20)9-16(17)23-18-10-15(12-3-2-8-21-11-12)24-19(25-18)22-14-5-6-14/h2-4,7-11,14H,5-6H2,1H3,(H2,22,23,24,25). The van der Waals surface area contributed by atoms with Crippen molar-refractivity contribution in [1.29, 1.82) is 0 Å². The highest BCUT2D eigenvalue weighted by Crippen LogP contribution is 2.32. The van der Waals surface area contributed by atoms with Gasteiger partial charge in [-0.1, -0.05) is 11.6 Å². The Morgan fingerprint density at radius 2 is 2.04 bits per heavy atom. The molecule has 0 bridgehead atoms. The second-order valence-corrected chi connectivity index (χ2v) is 6.53. The van der Waals surface area contributed by atoms with Gasteiger partial charge in [-0.15, -0.1) is 0 Å². The van der Waals surface area contributed by atoms with Crippen LogP contribution in [0, 0.1) is 0 Å². The molecule has 6 nitrogen and oxygen atoms in total. The molecule has 0 atom stereocenters. The smallest absolute Gasteiger partial charge is 0.225 e. The van der Waals surface area contributed by atoms with Gasteiger partial charge in [0.1, 0.15) is 11.6 Å². The van der Waals surface area contributed by atoms with Crippen LogP contribution in [0.4, 0.5) is 17.5 Å². The number of pyridine rings is 1. The number of anilines is 3. The molecule has 1 aromatic carbocycles. The maximum absolute atomic E-state index is 6.13. The van der Waals surface area contributed by atoms with E-state index >= 15 is 0 Å². The minimum Gasteiger partial charge on any atom is -0.495 e. The molecular formula is C19H18ClN5O. The number of nitrogens with one attached hydrogen (secondary N) is 2. The van der Waals surface area contributed by atoms with E-state index in [0.29, 0.717) is 28.6 Å². The molecule has 0 aliphatic heterocycles. The third-order valence-electron chi connectivity index (χ3n) is 4.02. The third-order valence-corrected chi connectivity index (χ3v) is 4.25. The van der Waals surface area contributed by atoms with Crippen molar-refractivity contribution in [2.24, 2.45) is 0 Å². The van der Waals surface area contributed by atoms with Gasteiger partial charge < -0.3 is 15.4 Å².